The number of primary amides is 1. The maximum Gasteiger partial charge on any atom is 0.204 e. The number of aryl methyl sites for hydroxylation is 1. The molecule has 5 rings (SSSR count). The second-order valence-corrected chi connectivity index (χ2v) is 9.93. The average Bonchev–Trinajstić information content (AvgIpc) is 3.49. The molecule has 3 heterocycles. The Labute approximate surface area is 272 Å². The van der Waals surface area contributed by atoms with Gasteiger partial charge in [0.05, 0.1) is 17.5 Å². The zero-order chi connectivity index (χ0) is 33.9. The number of nitrogens with zero attached hydrogens (tertiary/aromatic N) is 5. The second kappa shape index (κ2) is 19.7. The lowest BCUT2D eigenvalue weighted by atomic mass is 10.0. The first-order valence-corrected chi connectivity index (χ1v) is 15.3. The lowest BCUT2D eigenvalue weighted by Crippen LogP contribution is -2.10. The third kappa shape index (κ3) is 10.9. The van der Waals surface area contributed by atoms with Gasteiger partial charge < -0.3 is 11.1 Å². The fraction of sp³-hybridized carbons (Fsp3) is 0.270. The van der Waals surface area contributed by atoms with E-state index >= 15 is 0 Å². The quantitative estimate of drug-likeness (QED) is 0.141. The van der Waals surface area contributed by atoms with E-state index in [0.29, 0.717) is 30.7 Å². The van der Waals surface area contributed by atoms with Crippen LogP contribution in [0.4, 0.5) is 5.82 Å². The number of nitrogens with two attached hydrogens (primary N) is 1. The Morgan fingerprint density at radius 3 is 2.22 bits per heavy atom. The summed E-state index contributed by atoms with van der Waals surface area (Å²) in [4.78, 5) is 19.7. The number of fused-ring (bicyclic) bond motifs is 1. The molecule has 0 atom stereocenters. The van der Waals surface area contributed by atoms with Gasteiger partial charge in [0.2, 0.25) is 6.41 Å². The van der Waals surface area contributed by atoms with Crippen LogP contribution in [0.2, 0.25) is 0 Å². The van der Waals surface area contributed by atoms with E-state index in [1.54, 1.807) is 6.20 Å². The highest BCUT2D eigenvalue weighted by Crippen LogP contribution is 2.25. The molecule has 0 spiro atoms. The number of benzene rings is 2. The van der Waals surface area contributed by atoms with Crippen molar-refractivity contribution in [3.05, 3.63) is 107 Å². The van der Waals surface area contributed by atoms with E-state index in [0.717, 1.165) is 39.2 Å². The molecule has 0 radical (unpaired) electrons. The lowest BCUT2D eigenvalue weighted by Gasteiger charge is -2.12. The summed E-state index contributed by atoms with van der Waals surface area (Å²) in [6, 6.07) is 23.0. The zero-order valence-electron chi connectivity index (χ0n) is 27.8. The van der Waals surface area contributed by atoms with Gasteiger partial charge in [-0.05, 0) is 55.8 Å². The van der Waals surface area contributed by atoms with Gasteiger partial charge in [0, 0.05) is 36.5 Å². The average molecular weight is 617 g/mol. The Balaban J connectivity index is 0.000000977. The van der Waals surface area contributed by atoms with Gasteiger partial charge in [-0.2, -0.15) is 10.4 Å². The number of nitrogens with one attached hydrogen (secondary N) is 2. The van der Waals surface area contributed by atoms with Gasteiger partial charge in [0.25, 0.3) is 0 Å². The maximum atomic E-state index is 9.37. The van der Waals surface area contributed by atoms with Crippen LogP contribution in [0.5, 0.6) is 0 Å². The van der Waals surface area contributed by atoms with Crippen molar-refractivity contribution < 1.29 is 4.79 Å². The number of pyridine rings is 2. The van der Waals surface area contributed by atoms with E-state index in [-0.39, 0.29) is 6.41 Å². The van der Waals surface area contributed by atoms with Crippen molar-refractivity contribution in [2.24, 2.45) is 5.73 Å². The molecule has 9 heteroatoms. The van der Waals surface area contributed by atoms with Crippen LogP contribution in [-0.2, 0) is 17.8 Å². The highest BCUT2D eigenvalue weighted by Gasteiger charge is 2.10. The van der Waals surface area contributed by atoms with E-state index in [1.807, 2.05) is 59.0 Å². The van der Waals surface area contributed by atoms with Crippen molar-refractivity contribution in [2.45, 2.75) is 47.6 Å². The first-order valence-electron chi connectivity index (χ1n) is 15.3. The number of amides is 1. The minimum Gasteiger partial charge on any atom is -0.372 e. The minimum atomic E-state index is 0.250. The molecule has 238 valence electrons. The molecule has 0 aliphatic carbocycles. The topological polar surface area (TPSA) is 137 Å². The van der Waals surface area contributed by atoms with E-state index in [2.05, 4.69) is 111 Å². The summed E-state index contributed by atoms with van der Waals surface area (Å²) in [5, 5.41) is 21.0. The fourth-order valence-electron chi connectivity index (χ4n) is 4.23. The van der Waals surface area contributed by atoms with Crippen molar-refractivity contribution in [3.63, 3.8) is 0 Å². The Kier molecular flexibility index (Phi) is 15.7. The normalized spacial score (nSPS) is 9.63. The van der Waals surface area contributed by atoms with E-state index in [4.69, 9.17) is 4.79 Å². The largest absolute Gasteiger partial charge is 0.372 e. The lowest BCUT2D eigenvalue weighted by molar-refractivity contribution is -0.106. The van der Waals surface area contributed by atoms with Gasteiger partial charge in [-0.3, -0.25) is 14.8 Å². The Morgan fingerprint density at radius 2 is 1.59 bits per heavy atom. The minimum absolute atomic E-state index is 0.250. The molecule has 0 bridgehead atoms. The number of aromatic amines is 1. The van der Waals surface area contributed by atoms with Crippen molar-refractivity contribution in [2.75, 3.05) is 26.0 Å². The molecule has 2 aromatic carbocycles. The van der Waals surface area contributed by atoms with Crippen molar-refractivity contribution >= 4 is 23.3 Å². The van der Waals surface area contributed by atoms with Gasteiger partial charge in [0.1, 0.15) is 17.6 Å². The zero-order valence-corrected chi connectivity index (χ0v) is 27.8. The number of carbonyl (C=O) groups excluding carboxylic acids is 1. The Hall–Kier alpha value is -5.51. The molecule has 4 N–H and O–H groups in total. The molecule has 0 aliphatic rings. The third-order valence-corrected chi connectivity index (χ3v) is 6.38. The smallest absolute Gasteiger partial charge is 0.204 e. The number of nitriles is 1. The highest BCUT2D eigenvalue weighted by molar-refractivity contribution is 5.85. The highest BCUT2D eigenvalue weighted by atomic mass is 16.1. The number of carbonyl (C=O) groups is 1. The van der Waals surface area contributed by atoms with Crippen LogP contribution >= 0.6 is 0 Å². The van der Waals surface area contributed by atoms with Crippen molar-refractivity contribution in [1.82, 2.24) is 25.1 Å². The van der Waals surface area contributed by atoms with Crippen molar-refractivity contribution in [3.8, 4) is 29.0 Å². The molecule has 1 amide bonds. The summed E-state index contributed by atoms with van der Waals surface area (Å²) in [7, 11) is 3.98. The Bertz CT molecular complexity index is 1760. The predicted octanol–water partition coefficient (Wildman–Crippen LogP) is 6.47. The number of H-pyrrole nitrogens is 1. The number of anilines is 1. The fourth-order valence-corrected chi connectivity index (χ4v) is 4.23. The van der Waals surface area contributed by atoms with Crippen molar-refractivity contribution in [1.29, 1.82) is 5.26 Å². The molecular formula is C37H44N8O. The monoisotopic (exact) mass is 616 g/mol. The number of aromatic nitrogens is 4. The van der Waals surface area contributed by atoms with Crippen LogP contribution in [0.25, 0.3) is 22.2 Å². The molecule has 0 saturated heterocycles. The maximum absolute atomic E-state index is 9.37. The van der Waals surface area contributed by atoms with Gasteiger partial charge in [-0.1, -0.05) is 87.7 Å². The summed E-state index contributed by atoms with van der Waals surface area (Å²) in [5.74, 6) is 7.10. The van der Waals surface area contributed by atoms with E-state index in [9.17, 15) is 5.26 Å². The van der Waals surface area contributed by atoms with Gasteiger partial charge in [0.15, 0.2) is 5.65 Å². The summed E-state index contributed by atoms with van der Waals surface area (Å²) >= 11 is 0. The van der Waals surface area contributed by atoms with Crippen LogP contribution in [-0.4, -0.2) is 52.1 Å². The molecule has 9 nitrogen and oxygen atoms in total. The van der Waals surface area contributed by atoms with Gasteiger partial charge in [-0.15, -0.1) is 0 Å². The van der Waals surface area contributed by atoms with E-state index in [1.165, 1.54) is 11.1 Å². The van der Waals surface area contributed by atoms with E-state index < -0.39 is 0 Å². The van der Waals surface area contributed by atoms with Crippen LogP contribution in [0.1, 0.15) is 61.2 Å². The summed E-state index contributed by atoms with van der Waals surface area (Å²) in [6.07, 6.45) is 4.41. The molecule has 0 unspecified atom stereocenters. The molecule has 5 aromatic rings. The molecule has 0 aliphatic heterocycles. The second-order valence-electron chi connectivity index (χ2n) is 9.93. The summed E-state index contributed by atoms with van der Waals surface area (Å²) in [5.41, 5.74) is 12.8. The van der Waals surface area contributed by atoms with Crippen LogP contribution in [0.15, 0.2) is 73.1 Å². The molecule has 46 heavy (non-hydrogen) atoms. The number of hydrogen-bond acceptors (Lipinski definition) is 7. The van der Waals surface area contributed by atoms with Crippen LogP contribution in [0.3, 0.4) is 0 Å². The number of hydrogen-bond donors (Lipinski definition) is 3. The molecule has 3 aromatic heterocycles. The summed E-state index contributed by atoms with van der Waals surface area (Å²) in [6.45, 7) is 11.4. The number of rotatable bonds is 7. The SMILES string of the molecule is CC.CC.Cc1ccc(Cc2cc(C#N)cnc2NCc2ccc(-c3cnc4n[nH]c(C#CCN(C)C)c4c3)cc2)cc1.NC=O. The van der Waals surface area contributed by atoms with Crippen LogP contribution < -0.4 is 11.1 Å². The third-order valence-electron chi connectivity index (χ3n) is 6.38. The summed E-state index contributed by atoms with van der Waals surface area (Å²) < 4.78 is 0. The first kappa shape index (κ1) is 36.7. The van der Waals surface area contributed by atoms with Gasteiger partial charge >= 0.3 is 0 Å². The Morgan fingerprint density at radius 1 is 0.935 bits per heavy atom. The molecular weight excluding hydrogens is 572 g/mol. The molecule has 0 fully saturated rings. The van der Waals surface area contributed by atoms with Gasteiger partial charge in [-0.25, -0.2) is 9.97 Å². The first-order chi connectivity index (χ1) is 22.4. The van der Waals surface area contributed by atoms with Crippen LogP contribution in [0, 0.1) is 30.1 Å². The standard InChI is InChI=1S/C32H29N7.2C2H6.CH3NO/c1-22-6-8-23(9-7-22)15-27-16-25(18-33)20-35-31(27)34-19-24-10-12-26(13-11-24)28-17-29-30(5-4-14-39(2)3)37-38-32(29)36-21-28;2*1-2;2-1-3/h6-13,16-17,20-21H,14-15,19H2,1-3H3,(H,34,35)(H,36,37,38);2*1-2H3;1H,(H2,2,3). The molecule has 0 saturated carbocycles. The predicted molar refractivity (Wildman–Crippen MR) is 188 cm³/mol.